The second-order valence-corrected chi connectivity index (χ2v) is 4.60. The Hall–Kier alpha value is -0.280. The molecule has 0 radical (unpaired) electrons. The Balaban J connectivity index is 2.32. The molecule has 0 amide bonds. The van der Waals surface area contributed by atoms with Gasteiger partial charge < -0.3 is 9.47 Å². The zero-order valence-electron chi connectivity index (χ0n) is 16.1. The van der Waals surface area contributed by atoms with Crippen molar-refractivity contribution in [3.8, 4) is 0 Å². The SMILES string of the molecule is [2H]C([2H])([2H])C([2H])([2H])C([2H])([2H])C1COC(C)(c2ccc(Cl)cc2Cl)O1. The molecule has 0 aromatic heterocycles. The quantitative estimate of drug-likeness (QED) is 0.819. The van der Waals surface area contributed by atoms with Gasteiger partial charge in [-0.05, 0) is 25.4 Å². The number of ether oxygens (including phenoxy) is 2. The lowest BCUT2D eigenvalue weighted by Crippen LogP contribution is -2.24. The van der Waals surface area contributed by atoms with Crippen LogP contribution in [0.3, 0.4) is 0 Å². The molecule has 2 nitrogen and oxygen atoms in total. The average Bonchev–Trinajstić information content (AvgIpc) is 2.81. The number of hydrogen-bond donors (Lipinski definition) is 0. The van der Waals surface area contributed by atoms with Gasteiger partial charge in [0, 0.05) is 20.2 Å². The molecule has 0 aliphatic carbocycles. The van der Waals surface area contributed by atoms with E-state index in [0.717, 1.165) is 0 Å². The maximum atomic E-state index is 7.98. The molecular formula is C13H16Cl2O2. The van der Waals surface area contributed by atoms with Crippen molar-refractivity contribution in [2.45, 2.75) is 38.4 Å². The Kier molecular flexibility index (Phi) is 2.05. The summed E-state index contributed by atoms with van der Waals surface area (Å²) in [7, 11) is 0. The molecule has 1 aromatic rings. The van der Waals surface area contributed by atoms with Gasteiger partial charge in [0.15, 0.2) is 5.79 Å². The summed E-state index contributed by atoms with van der Waals surface area (Å²) in [5.41, 5.74) is 0.390. The Morgan fingerprint density at radius 3 is 3.12 bits per heavy atom. The molecule has 1 heterocycles. The summed E-state index contributed by atoms with van der Waals surface area (Å²) in [5, 5.41) is 0.640. The van der Waals surface area contributed by atoms with Gasteiger partial charge in [0.05, 0.1) is 17.7 Å². The summed E-state index contributed by atoms with van der Waals surface area (Å²) < 4.78 is 64.2. The van der Waals surface area contributed by atoms with Crippen LogP contribution in [0.1, 0.15) is 41.7 Å². The third-order valence-corrected chi connectivity index (χ3v) is 3.08. The zero-order chi connectivity index (χ0) is 18.6. The minimum absolute atomic E-state index is 0.241. The summed E-state index contributed by atoms with van der Waals surface area (Å²) in [6.45, 7) is -1.97. The van der Waals surface area contributed by atoms with Gasteiger partial charge in [0.1, 0.15) is 0 Å². The molecule has 2 rings (SSSR count). The van der Waals surface area contributed by atoms with E-state index in [9.17, 15) is 0 Å². The van der Waals surface area contributed by atoms with Crippen LogP contribution in [0, 0.1) is 0 Å². The van der Waals surface area contributed by atoms with Crippen LogP contribution in [-0.4, -0.2) is 12.7 Å². The third-order valence-electron chi connectivity index (χ3n) is 2.53. The molecule has 17 heavy (non-hydrogen) atoms. The maximum absolute atomic E-state index is 7.98. The van der Waals surface area contributed by atoms with Gasteiger partial charge in [-0.3, -0.25) is 0 Å². The summed E-state index contributed by atoms with van der Waals surface area (Å²) in [5.74, 6) is -1.44. The summed E-state index contributed by atoms with van der Waals surface area (Å²) in [4.78, 5) is 0. The van der Waals surface area contributed by atoms with E-state index in [1.807, 2.05) is 0 Å². The van der Waals surface area contributed by atoms with E-state index in [1.165, 1.54) is 13.0 Å². The molecule has 0 spiro atoms. The summed E-state index contributed by atoms with van der Waals surface area (Å²) in [6, 6.07) is 4.59. The maximum Gasteiger partial charge on any atom is 0.193 e. The van der Waals surface area contributed by atoms with Crippen LogP contribution in [0.4, 0.5) is 0 Å². The monoisotopic (exact) mass is 281 g/mol. The predicted octanol–water partition coefficient (Wildman–Crippen LogP) is 4.38. The van der Waals surface area contributed by atoms with E-state index >= 15 is 0 Å². The minimum atomic E-state index is -3.16. The Morgan fingerprint density at radius 2 is 2.41 bits per heavy atom. The lowest BCUT2D eigenvalue weighted by atomic mass is 10.1. The highest BCUT2D eigenvalue weighted by molar-refractivity contribution is 6.35. The van der Waals surface area contributed by atoms with Crippen LogP contribution < -0.4 is 0 Å². The first-order valence-electron chi connectivity index (χ1n) is 8.50. The molecule has 94 valence electrons. The third kappa shape index (κ3) is 2.76. The van der Waals surface area contributed by atoms with E-state index in [-0.39, 0.29) is 11.6 Å². The van der Waals surface area contributed by atoms with E-state index in [0.29, 0.717) is 10.6 Å². The van der Waals surface area contributed by atoms with E-state index < -0.39 is 31.5 Å². The molecule has 1 aliphatic rings. The van der Waals surface area contributed by atoms with Crippen molar-refractivity contribution in [3.63, 3.8) is 0 Å². The van der Waals surface area contributed by atoms with Crippen LogP contribution in [0.5, 0.6) is 0 Å². The van der Waals surface area contributed by atoms with Crippen LogP contribution in [0.2, 0.25) is 10.0 Å². The molecule has 1 aliphatic heterocycles. The van der Waals surface area contributed by atoms with Crippen molar-refractivity contribution in [2.24, 2.45) is 0 Å². The smallest absolute Gasteiger partial charge is 0.193 e. The molecule has 2 unspecified atom stereocenters. The van der Waals surface area contributed by atoms with Gasteiger partial charge in [0.2, 0.25) is 0 Å². The Morgan fingerprint density at radius 1 is 1.59 bits per heavy atom. The molecule has 0 bridgehead atoms. The highest BCUT2D eigenvalue weighted by Crippen LogP contribution is 2.39. The fourth-order valence-electron chi connectivity index (χ4n) is 1.72. The van der Waals surface area contributed by atoms with Crippen molar-refractivity contribution in [1.82, 2.24) is 0 Å². The molecule has 4 heteroatoms. The Bertz CT molecular complexity index is 635. The topological polar surface area (TPSA) is 18.5 Å². The van der Waals surface area contributed by atoms with Crippen LogP contribution in [-0.2, 0) is 15.3 Å². The summed E-state index contributed by atoms with van der Waals surface area (Å²) >= 11 is 12.0. The van der Waals surface area contributed by atoms with Crippen molar-refractivity contribution < 1.29 is 19.1 Å². The molecule has 1 aromatic carbocycles. The minimum Gasteiger partial charge on any atom is -0.343 e. The molecular weight excluding hydrogens is 259 g/mol. The van der Waals surface area contributed by atoms with Crippen molar-refractivity contribution >= 4 is 23.2 Å². The number of hydrogen-bond acceptors (Lipinski definition) is 2. The lowest BCUT2D eigenvalue weighted by Gasteiger charge is -2.25. The van der Waals surface area contributed by atoms with Crippen LogP contribution >= 0.6 is 23.2 Å². The van der Waals surface area contributed by atoms with Crippen molar-refractivity contribution in [3.05, 3.63) is 33.8 Å². The first kappa shape index (κ1) is 6.76. The fraction of sp³-hybridized carbons (Fsp3) is 0.538. The lowest BCUT2D eigenvalue weighted by molar-refractivity contribution is -0.162. The zero-order valence-corrected chi connectivity index (χ0v) is 10.6. The largest absolute Gasteiger partial charge is 0.343 e. The highest BCUT2D eigenvalue weighted by atomic mass is 35.5. The molecule has 0 saturated carbocycles. The van der Waals surface area contributed by atoms with Gasteiger partial charge in [-0.25, -0.2) is 0 Å². The number of rotatable bonds is 3. The average molecular weight is 282 g/mol. The van der Waals surface area contributed by atoms with Gasteiger partial charge in [-0.15, -0.1) is 0 Å². The second kappa shape index (κ2) is 5.15. The molecule has 2 atom stereocenters. The first-order chi connectivity index (χ1) is 10.7. The molecule has 1 fully saturated rings. The van der Waals surface area contributed by atoms with Crippen LogP contribution in [0.15, 0.2) is 18.2 Å². The predicted molar refractivity (Wildman–Crippen MR) is 69.5 cm³/mol. The van der Waals surface area contributed by atoms with E-state index in [1.54, 1.807) is 12.1 Å². The normalized spacial score (nSPS) is 37.1. The standard InChI is InChI=1S/C13H16Cl2O2/c1-3-4-10-8-16-13(2,17-10)11-6-5-9(14)7-12(11)15/h5-7,10H,3-4,8H2,1-2H3/i1D3,3D2,4D2. The Labute approximate surface area is 122 Å². The van der Waals surface area contributed by atoms with Gasteiger partial charge in [0.25, 0.3) is 0 Å². The van der Waals surface area contributed by atoms with Gasteiger partial charge >= 0.3 is 0 Å². The fourth-order valence-corrected chi connectivity index (χ4v) is 2.30. The van der Waals surface area contributed by atoms with Gasteiger partial charge in [-0.1, -0.05) is 42.5 Å². The number of benzene rings is 1. The molecule has 0 N–H and O–H groups in total. The van der Waals surface area contributed by atoms with Crippen molar-refractivity contribution in [1.29, 1.82) is 0 Å². The second-order valence-electron chi connectivity index (χ2n) is 3.76. The highest BCUT2D eigenvalue weighted by Gasteiger charge is 2.39. The first-order valence-corrected chi connectivity index (χ1v) is 5.75. The number of halogens is 2. The van der Waals surface area contributed by atoms with Crippen molar-refractivity contribution in [2.75, 3.05) is 6.61 Å². The molecule has 1 saturated heterocycles. The van der Waals surface area contributed by atoms with Gasteiger partial charge in [-0.2, -0.15) is 0 Å². The van der Waals surface area contributed by atoms with E-state index in [2.05, 4.69) is 0 Å². The van der Waals surface area contributed by atoms with Crippen LogP contribution in [0.25, 0.3) is 0 Å². The van der Waals surface area contributed by atoms with E-state index in [4.69, 9.17) is 42.3 Å². The summed E-state index contributed by atoms with van der Waals surface area (Å²) in [6.07, 6.45) is -7.36.